The summed E-state index contributed by atoms with van der Waals surface area (Å²) in [6, 6.07) is 11.4. The average molecular weight is 255 g/mol. The third kappa shape index (κ3) is 1.98. The second-order valence-electron chi connectivity index (χ2n) is 3.74. The van der Waals surface area contributed by atoms with Gasteiger partial charge in [0.1, 0.15) is 11.3 Å². The highest BCUT2D eigenvalue weighted by Gasteiger charge is 2.05. The molecule has 1 aromatic carbocycles. The van der Waals surface area contributed by atoms with Gasteiger partial charge < -0.3 is 4.74 Å². The summed E-state index contributed by atoms with van der Waals surface area (Å²) in [4.78, 5) is 15.6. The molecule has 0 unspecified atom stereocenters. The molecule has 0 N–H and O–H groups in total. The number of rotatable bonds is 3. The van der Waals surface area contributed by atoms with Crippen molar-refractivity contribution in [3.05, 3.63) is 52.9 Å². The summed E-state index contributed by atoms with van der Waals surface area (Å²) in [7, 11) is 0. The third-order valence-electron chi connectivity index (χ3n) is 2.54. The van der Waals surface area contributed by atoms with Crippen LogP contribution in [-0.4, -0.2) is 11.3 Å². The van der Waals surface area contributed by atoms with E-state index in [1.807, 2.05) is 35.7 Å². The number of benzene rings is 1. The highest BCUT2D eigenvalue weighted by Crippen LogP contribution is 2.30. The van der Waals surface area contributed by atoms with Crippen molar-refractivity contribution >= 4 is 28.5 Å². The Balaban J connectivity index is 2.01. The smallest absolute Gasteiger partial charge is 0.160 e. The number of aromatic nitrogens is 1. The summed E-state index contributed by atoms with van der Waals surface area (Å²) >= 11 is 1.36. The molecule has 0 aliphatic rings. The molecule has 0 bridgehead atoms. The number of para-hydroxylation sites is 1. The predicted molar refractivity (Wildman–Crippen MR) is 71.5 cm³/mol. The molecule has 0 aliphatic heterocycles. The fourth-order valence-corrected chi connectivity index (χ4v) is 2.34. The zero-order valence-electron chi connectivity index (χ0n) is 9.37. The SMILES string of the molecule is O=Cc1cc(Oc2cccc3cccnc23)cs1. The summed E-state index contributed by atoms with van der Waals surface area (Å²) in [5.41, 5.74) is 0.818. The summed E-state index contributed by atoms with van der Waals surface area (Å²) in [5, 5.41) is 2.84. The number of nitrogens with zero attached hydrogens (tertiary/aromatic N) is 1. The Morgan fingerprint density at radius 3 is 2.94 bits per heavy atom. The molecule has 4 heteroatoms. The van der Waals surface area contributed by atoms with E-state index in [-0.39, 0.29) is 0 Å². The topological polar surface area (TPSA) is 39.2 Å². The van der Waals surface area contributed by atoms with E-state index >= 15 is 0 Å². The van der Waals surface area contributed by atoms with E-state index in [0.29, 0.717) is 16.4 Å². The molecule has 18 heavy (non-hydrogen) atoms. The van der Waals surface area contributed by atoms with Crippen molar-refractivity contribution in [1.82, 2.24) is 4.98 Å². The monoisotopic (exact) mass is 255 g/mol. The maximum atomic E-state index is 10.6. The highest BCUT2D eigenvalue weighted by molar-refractivity contribution is 7.11. The molecule has 0 radical (unpaired) electrons. The first kappa shape index (κ1) is 10.9. The first-order chi connectivity index (χ1) is 8.86. The van der Waals surface area contributed by atoms with Crippen molar-refractivity contribution in [2.24, 2.45) is 0 Å². The van der Waals surface area contributed by atoms with Crippen LogP contribution in [0.15, 0.2) is 48.0 Å². The first-order valence-electron chi connectivity index (χ1n) is 5.42. The maximum absolute atomic E-state index is 10.6. The van der Waals surface area contributed by atoms with Gasteiger partial charge in [0, 0.05) is 23.0 Å². The third-order valence-corrected chi connectivity index (χ3v) is 3.37. The fourth-order valence-electron chi connectivity index (χ4n) is 1.74. The quantitative estimate of drug-likeness (QED) is 0.666. The van der Waals surface area contributed by atoms with Crippen LogP contribution < -0.4 is 4.74 Å². The van der Waals surface area contributed by atoms with E-state index in [2.05, 4.69) is 4.98 Å². The number of hydrogen-bond acceptors (Lipinski definition) is 4. The lowest BCUT2D eigenvalue weighted by Gasteiger charge is -2.05. The number of hydrogen-bond donors (Lipinski definition) is 0. The van der Waals surface area contributed by atoms with Crippen LogP contribution in [0.3, 0.4) is 0 Å². The molecular weight excluding hydrogens is 246 g/mol. The zero-order valence-corrected chi connectivity index (χ0v) is 10.2. The van der Waals surface area contributed by atoms with Gasteiger partial charge in [-0.1, -0.05) is 18.2 Å². The van der Waals surface area contributed by atoms with Crippen LogP contribution in [0.25, 0.3) is 10.9 Å². The second-order valence-corrected chi connectivity index (χ2v) is 4.68. The van der Waals surface area contributed by atoms with Gasteiger partial charge in [0.2, 0.25) is 0 Å². The molecule has 0 atom stereocenters. The minimum atomic E-state index is 0.651. The number of thiophene rings is 1. The van der Waals surface area contributed by atoms with E-state index in [0.717, 1.165) is 17.2 Å². The standard InChI is InChI=1S/C14H9NO2S/c16-8-12-7-11(9-18-12)17-13-5-1-3-10-4-2-6-15-14(10)13/h1-9H. The molecule has 0 amide bonds. The van der Waals surface area contributed by atoms with Crippen LogP contribution in [0.1, 0.15) is 9.67 Å². The maximum Gasteiger partial charge on any atom is 0.160 e. The normalized spacial score (nSPS) is 10.4. The molecule has 88 valence electrons. The first-order valence-corrected chi connectivity index (χ1v) is 6.30. The van der Waals surface area contributed by atoms with Crippen LogP contribution in [0.2, 0.25) is 0 Å². The van der Waals surface area contributed by atoms with Gasteiger partial charge in [0.15, 0.2) is 12.0 Å². The Hall–Kier alpha value is -2.20. The van der Waals surface area contributed by atoms with E-state index in [4.69, 9.17) is 4.74 Å². The summed E-state index contributed by atoms with van der Waals surface area (Å²) in [5.74, 6) is 1.36. The van der Waals surface area contributed by atoms with Crippen LogP contribution in [0.5, 0.6) is 11.5 Å². The lowest BCUT2D eigenvalue weighted by atomic mass is 10.2. The van der Waals surface area contributed by atoms with Crippen molar-refractivity contribution in [2.45, 2.75) is 0 Å². The van der Waals surface area contributed by atoms with E-state index < -0.39 is 0 Å². The van der Waals surface area contributed by atoms with Crippen LogP contribution in [0.4, 0.5) is 0 Å². The van der Waals surface area contributed by atoms with Crippen molar-refractivity contribution in [3.63, 3.8) is 0 Å². The van der Waals surface area contributed by atoms with E-state index in [1.165, 1.54) is 11.3 Å². The minimum Gasteiger partial charge on any atom is -0.454 e. The largest absolute Gasteiger partial charge is 0.454 e. The Morgan fingerprint density at radius 2 is 2.11 bits per heavy atom. The Kier molecular flexibility index (Phi) is 2.78. The van der Waals surface area contributed by atoms with E-state index in [1.54, 1.807) is 12.3 Å². The number of pyridine rings is 1. The van der Waals surface area contributed by atoms with Gasteiger partial charge in [0.05, 0.1) is 4.88 Å². The molecule has 0 saturated heterocycles. The molecule has 3 aromatic rings. The molecular formula is C14H9NO2S. The van der Waals surface area contributed by atoms with Gasteiger partial charge in [-0.3, -0.25) is 9.78 Å². The van der Waals surface area contributed by atoms with Crippen molar-refractivity contribution in [2.75, 3.05) is 0 Å². The lowest BCUT2D eigenvalue weighted by molar-refractivity contribution is 0.112. The molecule has 3 rings (SSSR count). The van der Waals surface area contributed by atoms with E-state index in [9.17, 15) is 4.79 Å². The van der Waals surface area contributed by atoms with Gasteiger partial charge >= 0.3 is 0 Å². The van der Waals surface area contributed by atoms with Gasteiger partial charge in [-0.15, -0.1) is 11.3 Å². The van der Waals surface area contributed by atoms with Crippen molar-refractivity contribution in [3.8, 4) is 11.5 Å². The predicted octanol–water partition coefficient (Wildman–Crippen LogP) is 3.90. The van der Waals surface area contributed by atoms with Crippen LogP contribution in [0, 0.1) is 0 Å². The Bertz CT molecular complexity index is 700. The second kappa shape index (κ2) is 4.58. The highest BCUT2D eigenvalue weighted by atomic mass is 32.1. The van der Waals surface area contributed by atoms with Gasteiger partial charge in [-0.05, 0) is 12.1 Å². The Morgan fingerprint density at radius 1 is 1.22 bits per heavy atom. The molecule has 0 fully saturated rings. The number of ether oxygens (including phenoxy) is 1. The van der Waals surface area contributed by atoms with Crippen LogP contribution >= 0.6 is 11.3 Å². The molecule has 0 aliphatic carbocycles. The number of carbonyl (C=O) groups is 1. The molecule has 2 heterocycles. The molecule has 3 nitrogen and oxygen atoms in total. The van der Waals surface area contributed by atoms with Gasteiger partial charge in [0.25, 0.3) is 0 Å². The Labute approximate surface area is 108 Å². The van der Waals surface area contributed by atoms with Crippen molar-refractivity contribution in [1.29, 1.82) is 0 Å². The summed E-state index contributed by atoms with van der Waals surface area (Å²) in [6.07, 6.45) is 2.55. The number of carbonyl (C=O) groups excluding carboxylic acids is 1. The van der Waals surface area contributed by atoms with Gasteiger partial charge in [-0.25, -0.2) is 0 Å². The molecule has 0 saturated carbocycles. The van der Waals surface area contributed by atoms with Crippen molar-refractivity contribution < 1.29 is 9.53 Å². The summed E-state index contributed by atoms with van der Waals surface area (Å²) in [6.45, 7) is 0. The van der Waals surface area contributed by atoms with Gasteiger partial charge in [-0.2, -0.15) is 0 Å². The zero-order chi connectivity index (χ0) is 12.4. The van der Waals surface area contributed by atoms with Crippen LogP contribution in [-0.2, 0) is 0 Å². The number of fused-ring (bicyclic) bond motifs is 1. The minimum absolute atomic E-state index is 0.651. The summed E-state index contributed by atoms with van der Waals surface area (Å²) < 4.78 is 5.76. The molecule has 0 spiro atoms. The molecule has 2 aromatic heterocycles. The number of aldehydes is 1. The fraction of sp³-hybridized carbons (Fsp3) is 0. The average Bonchev–Trinajstić information content (AvgIpc) is 2.87. The lowest BCUT2D eigenvalue weighted by Crippen LogP contribution is -1.86.